The zero-order chi connectivity index (χ0) is 16.4. The summed E-state index contributed by atoms with van der Waals surface area (Å²) in [5.74, 6) is 0.274. The van der Waals surface area contributed by atoms with Crippen LogP contribution in [-0.2, 0) is 0 Å². The van der Waals surface area contributed by atoms with Gasteiger partial charge in [0.05, 0.1) is 16.9 Å². The summed E-state index contributed by atoms with van der Waals surface area (Å²) in [5.41, 5.74) is 7.17. The number of hydrogen-bond donors (Lipinski definition) is 2. The predicted octanol–water partition coefficient (Wildman–Crippen LogP) is 3.36. The van der Waals surface area contributed by atoms with Gasteiger partial charge in [-0.05, 0) is 46.9 Å². The number of aromatic nitrogens is 3. The molecule has 0 aliphatic rings. The maximum absolute atomic E-state index is 12.3. The van der Waals surface area contributed by atoms with Crippen LogP contribution in [0.5, 0.6) is 0 Å². The van der Waals surface area contributed by atoms with Crippen molar-refractivity contribution < 1.29 is 4.79 Å². The summed E-state index contributed by atoms with van der Waals surface area (Å²) in [6.07, 6.45) is 2.89. The van der Waals surface area contributed by atoms with E-state index in [9.17, 15) is 4.79 Å². The van der Waals surface area contributed by atoms with Gasteiger partial charge < -0.3 is 11.1 Å². The number of benzene rings is 1. The van der Waals surface area contributed by atoms with Crippen LogP contribution in [0.15, 0.2) is 48.8 Å². The molecule has 1 aromatic carbocycles. The Bertz CT molecular complexity index is 863. The van der Waals surface area contributed by atoms with Crippen LogP contribution in [0.3, 0.4) is 0 Å². The van der Waals surface area contributed by atoms with Crippen LogP contribution < -0.4 is 11.1 Å². The number of para-hydroxylation sites is 1. The number of nitrogens with zero attached hydrogens (tertiary/aromatic N) is 3. The van der Waals surface area contributed by atoms with Crippen LogP contribution in [0.2, 0.25) is 5.02 Å². The largest absolute Gasteiger partial charge is 0.383 e. The summed E-state index contributed by atoms with van der Waals surface area (Å²) in [4.78, 5) is 16.3. The summed E-state index contributed by atoms with van der Waals surface area (Å²) in [5, 5.41) is 7.36. The van der Waals surface area contributed by atoms with Gasteiger partial charge in [0, 0.05) is 9.77 Å². The molecule has 2 aromatic heterocycles. The van der Waals surface area contributed by atoms with E-state index in [0.29, 0.717) is 10.8 Å². The second kappa shape index (κ2) is 6.55. The van der Waals surface area contributed by atoms with Crippen molar-refractivity contribution in [3.05, 3.63) is 62.9 Å². The van der Waals surface area contributed by atoms with E-state index in [1.807, 2.05) is 24.3 Å². The van der Waals surface area contributed by atoms with Crippen molar-refractivity contribution in [3.63, 3.8) is 0 Å². The van der Waals surface area contributed by atoms with Gasteiger partial charge in [-0.2, -0.15) is 5.10 Å². The minimum absolute atomic E-state index is 0.264. The molecule has 8 heteroatoms. The Hall–Kier alpha value is -2.13. The van der Waals surface area contributed by atoms with Gasteiger partial charge >= 0.3 is 0 Å². The lowest BCUT2D eigenvalue weighted by molar-refractivity contribution is 0.102. The predicted molar refractivity (Wildman–Crippen MR) is 97.9 cm³/mol. The van der Waals surface area contributed by atoms with Crippen molar-refractivity contribution >= 4 is 51.7 Å². The fourth-order valence-corrected chi connectivity index (χ4v) is 2.71. The average Bonchev–Trinajstić information content (AvgIpc) is 2.92. The van der Waals surface area contributed by atoms with Crippen molar-refractivity contribution in [2.24, 2.45) is 0 Å². The van der Waals surface area contributed by atoms with Gasteiger partial charge in [0.2, 0.25) is 0 Å². The molecule has 0 unspecified atom stereocenters. The molecule has 0 saturated heterocycles. The Morgan fingerprint density at radius 1 is 1.22 bits per heavy atom. The number of halogens is 2. The Morgan fingerprint density at radius 3 is 2.70 bits per heavy atom. The number of anilines is 2. The molecule has 1 amide bonds. The summed E-state index contributed by atoms with van der Waals surface area (Å²) in [7, 11) is 0. The smallest absolute Gasteiger partial charge is 0.262 e. The molecule has 0 aliphatic heterocycles. The van der Waals surface area contributed by atoms with E-state index in [-0.39, 0.29) is 17.3 Å². The Balaban J connectivity index is 1.88. The van der Waals surface area contributed by atoms with Gasteiger partial charge in [0.25, 0.3) is 5.91 Å². The van der Waals surface area contributed by atoms with Gasteiger partial charge in [0.1, 0.15) is 17.2 Å². The van der Waals surface area contributed by atoms with E-state index >= 15 is 0 Å². The Labute approximate surface area is 150 Å². The second-order valence-corrected chi connectivity index (χ2v) is 6.22. The van der Waals surface area contributed by atoms with Crippen molar-refractivity contribution in [2.75, 3.05) is 11.1 Å². The maximum Gasteiger partial charge on any atom is 0.262 e. The highest BCUT2D eigenvalue weighted by atomic mass is 127. The first-order valence-corrected chi connectivity index (χ1v) is 8.03. The van der Waals surface area contributed by atoms with Crippen LogP contribution in [0.1, 0.15) is 10.4 Å². The van der Waals surface area contributed by atoms with Crippen LogP contribution in [0, 0.1) is 3.57 Å². The third-order valence-electron chi connectivity index (χ3n) is 3.10. The zero-order valence-electron chi connectivity index (χ0n) is 11.7. The molecule has 0 radical (unpaired) electrons. The topological polar surface area (TPSA) is 85.8 Å². The highest BCUT2D eigenvalue weighted by Crippen LogP contribution is 2.22. The van der Waals surface area contributed by atoms with Crippen molar-refractivity contribution in [3.8, 4) is 5.69 Å². The Kier molecular flexibility index (Phi) is 4.49. The number of carbonyl (C=O) groups is 1. The third-order valence-corrected chi connectivity index (χ3v) is 4.24. The molecule has 3 N–H and O–H groups in total. The summed E-state index contributed by atoms with van der Waals surface area (Å²) in [6.45, 7) is 0. The van der Waals surface area contributed by atoms with Gasteiger partial charge in [-0.3, -0.25) is 4.79 Å². The fourth-order valence-electron chi connectivity index (χ4n) is 1.98. The molecule has 0 spiro atoms. The molecule has 2 heterocycles. The molecule has 0 fully saturated rings. The number of carbonyl (C=O) groups excluding carboxylic acids is 1. The highest BCUT2D eigenvalue weighted by molar-refractivity contribution is 14.1. The monoisotopic (exact) mass is 439 g/mol. The molecule has 23 heavy (non-hydrogen) atoms. The van der Waals surface area contributed by atoms with Crippen molar-refractivity contribution in [2.45, 2.75) is 0 Å². The van der Waals surface area contributed by atoms with E-state index in [4.69, 9.17) is 17.3 Å². The van der Waals surface area contributed by atoms with E-state index < -0.39 is 0 Å². The first-order chi connectivity index (χ1) is 11.1. The summed E-state index contributed by atoms with van der Waals surface area (Å²) in [6, 6.07) is 10.9. The van der Waals surface area contributed by atoms with Gasteiger partial charge in [0.15, 0.2) is 0 Å². The lowest BCUT2D eigenvalue weighted by Gasteiger charge is -2.07. The second-order valence-electron chi connectivity index (χ2n) is 4.62. The fraction of sp³-hybridized carbons (Fsp3) is 0. The average molecular weight is 440 g/mol. The minimum atomic E-state index is -0.380. The lowest BCUT2D eigenvalue weighted by Crippen LogP contribution is -2.15. The molecule has 6 nitrogen and oxygen atoms in total. The number of nitrogens with two attached hydrogens (primary N) is 1. The first kappa shape index (κ1) is 15.8. The van der Waals surface area contributed by atoms with Crippen LogP contribution in [0.4, 0.5) is 11.6 Å². The molecule has 0 bridgehead atoms. The van der Waals surface area contributed by atoms with Crippen LogP contribution in [-0.4, -0.2) is 20.7 Å². The Morgan fingerprint density at radius 2 is 2.00 bits per heavy atom. The maximum atomic E-state index is 12.3. The number of pyridine rings is 1. The van der Waals surface area contributed by atoms with Crippen molar-refractivity contribution in [1.82, 2.24) is 14.8 Å². The van der Waals surface area contributed by atoms with Crippen molar-refractivity contribution in [1.29, 1.82) is 0 Å². The number of hydrogen-bond acceptors (Lipinski definition) is 4. The van der Waals surface area contributed by atoms with E-state index in [1.54, 1.807) is 12.1 Å². The highest BCUT2D eigenvalue weighted by Gasteiger charge is 2.17. The first-order valence-electron chi connectivity index (χ1n) is 6.57. The summed E-state index contributed by atoms with van der Waals surface area (Å²) < 4.78 is 2.51. The van der Waals surface area contributed by atoms with Crippen LogP contribution in [0.25, 0.3) is 5.69 Å². The van der Waals surface area contributed by atoms with Crippen LogP contribution >= 0.6 is 34.2 Å². The molecule has 0 aliphatic carbocycles. The number of rotatable bonds is 3. The van der Waals surface area contributed by atoms with Gasteiger partial charge in [-0.1, -0.05) is 23.7 Å². The third kappa shape index (κ3) is 3.30. The van der Waals surface area contributed by atoms with Gasteiger partial charge in [-0.25, -0.2) is 9.67 Å². The minimum Gasteiger partial charge on any atom is -0.383 e. The quantitative estimate of drug-likeness (QED) is 0.613. The molecular formula is C15H11ClIN5O. The molecule has 116 valence electrons. The summed E-state index contributed by atoms with van der Waals surface area (Å²) >= 11 is 7.96. The molecule has 0 atom stereocenters. The van der Waals surface area contributed by atoms with E-state index in [1.165, 1.54) is 17.1 Å². The molecule has 0 saturated carbocycles. The molecular weight excluding hydrogens is 429 g/mol. The molecule has 3 aromatic rings. The molecule has 3 rings (SSSR count). The SMILES string of the molecule is Nc1c(C(=O)Nc2ccc(Cl)cn2)cnn1-c1ccccc1I. The number of nitrogens with one attached hydrogen (secondary N) is 1. The zero-order valence-corrected chi connectivity index (χ0v) is 14.6. The van der Waals surface area contributed by atoms with Gasteiger partial charge in [-0.15, -0.1) is 0 Å². The number of amides is 1. The standard InChI is InChI=1S/C15H11ClIN5O/c16-9-5-6-13(19-7-9)21-15(23)10-8-20-22(14(10)18)12-4-2-1-3-11(12)17/h1-8H,18H2,(H,19,21,23). The normalized spacial score (nSPS) is 10.5. The lowest BCUT2D eigenvalue weighted by atomic mass is 10.3. The van der Waals surface area contributed by atoms with E-state index in [0.717, 1.165) is 9.26 Å². The van der Waals surface area contributed by atoms with E-state index in [2.05, 4.69) is 38.0 Å². The number of nitrogen functional groups attached to an aromatic ring is 1.